The Morgan fingerprint density at radius 2 is 1.68 bits per heavy atom. The highest BCUT2D eigenvalue weighted by molar-refractivity contribution is 7.92. The molecule has 40 heavy (non-hydrogen) atoms. The molecule has 2 atom stereocenters. The minimum Gasteiger partial charge on any atom is -0.472 e. The number of nitrogens with zero attached hydrogens (tertiary/aromatic N) is 2. The Morgan fingerprint density at radius 3 is 2.38 bits per heavy atom. The van der Waals surface area contributed by atoms with E-state index in [4.69, 9.17) is 4.74 Å². The Labute approximate surface area is 237 Å². The molecule has 1 saturated carbocycles. The summed E-state index contributed by atoms with van der Waals surface area (Å²) in [5.41, 5.74) is 3.79. The molecule has 0 saturated heterocycles. The number of aryl methyl sites for hydroxylation is 2. The molecule has 4 bridgehead atoms. The van der Waals surface area contributed by atoms with Crippen molar-refractivity contribution in [3.8, 4) is 17.1 Å². The first-order valence-corrected chi connectivity index (χ1v) is 15.6. The van der Waals surface area contributed by atoms with Crippen molar-refractivity contribution in [2.45, 2.75) is 83.3 Å². The summed E-state index contributed by atoms with van der Waals surface area (Å²) in [5, 5.41) is 3.22. The smallest absolute Gasteiger partial charge is 0.264 e. The van der Waals surface area contributed by atoms with Gasteiger partial charge in [-0.05, 0) is 74.3 Å². The summed E-state index contributed by atoms with van der Waals surface area (Å²) in [6.07, 6.45) is 5.78. The summed E-state index contributed by atoms with van der Waals surface area (Å²) in [7, 11) is -4.08. The van der Waals surface area contributed by atoms with Gasteiger partial charge in [-0.15, -0.1) is 0 Å². The summed E-state index contributed by atoms with van der Waals surface area (Å²) < 4.78 is 36.1. The van der Waals surface area contributed by atoms with E-state index in [-0.39, 0.29) is 46.3 Å². The number of rotatable bonds is 4. The number of carbonyl (C=O) groups excluding carboxylic acids is 1. The lowest BCUT2D eigenvalue weighted by Crippen LogP contribution is -2.50. The zero-order chi connectivity index (χ0) is 28.4. The molecule has 1 aliphatic heterocycles. The molecule has 2 aromatic carbocycles. The van der Waals surface area contributed by atoms with Gasteiger partial charge in [-0.25, -0.2) is 18.1 Å². The third kappa shape index (κ3) is 6.14. The number of hydrogen-bond acceptors (Lipinski definition) is 6. The van der Waals surface area contributed by atoms with Crippen LogP contribution in [0.3, 0.4) is 0 Å². The predicted molar refractivity (Wildman–Crippen MR) is 156 cm³/mol. The van der Waals surface area contributed by atoms with Crippen molar-refractivity contribution in [1.29, 1.82) is 0 Å². The fourth-order valence-corrected chi connectivity index (χ4v) is 6.99. The average molecular weight is 563 g/mol. The van der Waals surface area contributed by atoms with Crippen molar-refractivity contribution in [2.24, 2.45) is 11.8 Å². The highest BCUT2D eigenvalue weighted by Gasteiger charge is 2.35. The van der Waals surface area contributed by atoms with Crippen LogP contribution in [0.5, 0.6) is 5.88 Å². The first-order chi connectivity index (χ1) is 19.1. The van der Waals surface area contributed by atoms with Gasteiger partial charge in [0.2, 0.25) is 11.8 Å². The molecule has 0 spiro atoms. The van der Waals surface area contributed by atoms with Crippen LogP contribution in [0.25, 0.3) is 11.3 Å². The molecule has 0 unspecified atom stereocenters. The lowest BCUT2D eigenvalue weighted by Gasteiger charge is -2.37. The second-order valence-electron chi connectivity index (χ2n) is 11.5. The van der Waals surface area contributed by atoms with Crippen LogP contribution in [0.1, 0.15) is 73.9 Å². The molecule has 212 valence electrons. The molecule has 9 heteroatoms. The quantitative estimate of drug-likeness (QED) is 0.401. The van der Waals surface area contributed by atoms with E-state index in [9.17, 15) is 13.2 Å². The van der Waals surface area contributed by atoms with Crippen LogP contribution < -0.4 is 14.8 Å². The molecule has 1 aliphatic carbocycles. The van der Waals surface area contributed by atoms with E-state index in [1.165, 1.54) is 18.6 Å². The van der Waals surface area contributed by atoms with Crippen LogP contribution in [0, 0.1) is 25.7 Å². The van der Waals surface area contributed by atoms with Gasteiger partial charge in [0, 0.05) is 17.2 Å². The summed E-state index contributed by atoms with van der Waals surface area (Å²) in [5.74, 6) is 0.431. The summed E-state index contributed by atoms with van der Waals surface area (Å²) in [6.45, 7) is 8.26. The topological polar surface area (TPSA) is 110 Å². The van der Waals surface area contributed by atoms with Crippen LogP contribution in [-0.2, 0) is 10.0 Å². The molecule has 0 radical (unpaired) electrons. The maximum atomic E-state index is 13.5. The summed E-state index contributed by atoms with van der Waals surface area (Å²) in [6, 6.07) is 13.6. The number of amides is 1. The number of hydrogen-bond donors (Lipinski definition) is 2. The Bertz CT molecular complexity index is 1480. The fourth-order valence-electron chi connectivity index (χ4n) is 6.00. The van der Waals surface area contributed by atoms with E-state index in [2.05, 4.69) is 33.9 Å². The summed E-state index contributed by atoms with van der Waals surface area (Å²) in [4.78, 5) is 22.7. The van der Waals surface area contributed by atoms with E-state index in [0.717, 1.165) is 42.4 Å². The van der Waals surface area contributed by atoms with Gasteiger partial charge >= 0.3 is 0 Å². The van der Waals surface area contributed by atoms with Crippen LogP contribution in [0.2, 0.25) is 0 Å². The highest BCUT2D eigenvalue weighted by Crippen LogP contribution is 2.35. The standard InChI is InChI=1S/C31H38N4O4S/c1-19(2)16-26-29(22-12-6-5-7-13-22)39-27-18-25(28-20(3)10-8-11-21(28)4)33-31(34-27)35-40(37,38)24-15-9-14-23(17-24)30(36)32-26/h8-11,14-15,17-19,22,26,29H,5-7,12-13,16H2,1-4H3,(H,32,36)(H,33,34,35)/t26-,29-/m1/s1. The van der Waals surface area contributed by atoms with Crippen LogP contribution in [0.4, 0.5) is 5.95 Å². The number of carbonyl (C=O) groups is 1. The first-order valence-electron chi connectivity index (χ1n) is 14.2. The van der Waals surface area contributed by atoms with Crippen molar-refractivity contribution in [2.75, 3.05) is 4.72 Å². The van der Waals surface area contributed by atoms with Gasteiger partial charge < -0.3 is 10.1 Å². The van der Waals surface area contributed by atoms with Gasteiger partial charge in [-0.2, -0.15) is 4.98 Å². The van der Waals surface area contributed by atoms with Gasteiger partial charge in [-0.1, -0.05) is 57.4 Å². The lowest BCUT2D eigenvalue weighted by molar-refractivity contribution is 0.0543. The molecule has 5 rings (SSSR count). The summed E-state index contributed by atoms with van der Waals surface area (Å²) >= 11 is 0. The number of sulfonamides is 1. The third-order valence-electron chi connectivity index (χ3n) is 7.88. The molecular weight excluding hydrogens is 524 g/mol. The van der Waals surface area contributed by atoms with E-state index < -0.39 is 10.0 Å². The molecule has 1 fully saturated rings. The molecule has 1 amide bonds. The second-order valence-corrected chi connectivity index (χ2v) is 13.2. The largest absolute Gasteiger partial charge is 0.472 e. The molecule has 3 aromatic rings. The minimum atomic E-state index is -4.08. The molecule has 2 aliphatic rings. The normalized spacial score (nSPS) is 21.3. The van der Waals surface area contributed by atoms with Crippen molar-refractivity contribution in [1.82, 2.24) is 15.3 Å². The number of aromatic nitrogens is 2. The molecule has 8 nitrogen and oxygen atoms in total. The van der Waals surface area contributed by atoms with Crippen molar-refractivity contribution in [3.63, 3.8) is 0 Å². The fraction of sp³-hybridized carbons (Fsp3) is 0.452. The van der Waals surface area contributed by atoms with Crippen molar-refractivity contribution in [3.05, 3.63) is 65.2 Å². The first kappa shape index (κ1) is 28.1. The Balaban J connectivity index is 1.70. The maximum Gasteiger partial charge on any atom is 0.264 e. The number of ether oxygens (including phenoxy) is 1. The number of anilines is 1. The lowest BCUT2D eigenvalue weighted by atomic mass is 9.80. The van der Waals surface area contributed by atoms with Crippen LogP contribution in [-0.4, -0.2) is 36.4 Å². The van der Waals surface area contributed by atoms with Crippen molar-refractivity contribution >= 4 is 21.9 Å². The van der Waals surface area contributed by atoms with E-state index >= 15 is 0 Å². The van der Waals surface area contributed by atoms with Gasteiger partial charge in [0.15, 0.2) is 0 Å². The SMILES string of the molecule is Cc1cccc(C)c1-c1cc2nc(n1)NS(=O)(=O)c1cccc(c1)C(=O)N[C@H](CC(C)C)[C@@H](C1CCCCC1)O2. The second kappa shape index (κ2) is 11.6. The third-order valence-corrected chi connectivity index (χ3v) is 9.21. The highest BCUT2D eigenvalue weighted by atomic mass is 32.2. The Hall–Kier alpha value is -3.46. The van der Waals surface area contributed by atoms with Gasteiger partial charge in [-0.3, -0.25) is 4.79 Å². The van der Waals surface area contributed by atoms with Crippen LogP contribution >= 0.6 is 0 Å². The van der Waals surface area contributed by atoms with E-state index in [1.54, 1.807) is 18.2 Å². The van der Waals surface area contributed by atoms with Gasteiger partial charge in [0.25, 0.3) is 15.9 Å². The predicted octanol–water partition coefficient (Wildman–Crippen LogP) is 6.05. The zero-order valence-electron chi connectivity index (χ0n) is 23.6. The average Bonchev–Trinajstić information content (AvgIpc) is 2.91. The van der Waals surface area contributed by atoms with E-state index in [0.29, 0.717) is 18.0 Å². The Morgan fingerprint density at radius 1 is 0.975 bits per heavy atom. The van der Waals surface area contributed by atoms with Crippen LogP contribution in [0.15, 0.2) is 53.4 Å². The molecule has 2 heterocycles. The van der Waals surface area contributed by atoms with Crippen molar-refractivity contribution < 1.29 is 17.9 Å². The molecular formula is C31H38N4O4S. The Kier molecular flexibility index (Phi) is 8.12. The molecule has 1 aromatic heterocycles. The van der Waals surface area contributed by atoms with Gasteiger partial charge in [0.05, 0.1) is 16.6 Å². The van der Waals surface area contributed by atoms with E-state index in [1.807, 2.05) is 32.0 Å². The number of benzene rings is 2. The number of fused-ring (bicyclic) bond motifs is 4. The number of nitrogens with one attached hydrogen (secondary N) is 2. The monoisotopic (exact) mass is 562 g/mol. The minimum absolute atomic E-state index is 0.0350. The molecule has 2 N–H and O–H groups in total. The maximum absolute atomic E-state index is 13.5. The zero-order valence-corrected chi connectivity index (χ0v) is 24.4. The van der Waals surface area contributed by atoms with Gasteiger partial charge in [0.1, 0.15) is 6.10 Å².